The molecule has 0 saturated carbocycles. The molecule has 0 N–H and O–H groups in total. The molecular weight excluding hydrogens is 526 g/mol. The van der Waals surface area contributed by atoms with Crippen LogP contribution in [0, 0.1) is 0 Å². The van der Waals surface area contributed by atoms with Crippen LogP contribution >= 0.6 is 139 Å². The van der Waals surface area contributed by atoms with E-state index in [2.05, 4.69) is 0 Å². The number of halogens is 12. The molecule has 0 aliphatic heterocycles. The summed E-state index contributed by atoms with van der Waals surface area (Å²) in [5.41, 5.74) is 0. The number of carbonyl (C=O) groups excluding carboxylic acids is 1. The van der Waals surface area contributed by atoms with Crippen molar-refractivity contribution >= 4 is 145 Å². The van der Waals surface area contributed by atoms with Crippen molar-refractivity contribution in [1.82, 2.24) is 0 Å². The minimum absolute atomic E-state index is 0.167. The molecule has 0 aliphatic carbocycles. The van der Waals surface area contributed by atoms with Crippen molar-refractivity contribution in [3.8, 4) is 0 Å². The highest BCUT2D eigenvalue weighted by atomic mass is 35.6. The molecule has 13 heteroatoms. The first-order chi connectivity index (χ1) is 8.66. The minimum atomic E-state index is -0.750. The van der Waals surface area contributed by atoms with E-state index >= 15 is 0 Å². The first-order valence-electron chi connectivity index (χ1n) is 3.82. The van der Waals surface area contributed by atoms with E-state index in [0.29, 0.717) is 0 Å². The highest BCUT2D eigenvalue weighted by Crippen LogP contribution is 2.04. The Kier molecular flexibility index (Phi) is 51.9. The topological polar surface area (TPSA) is 17.1 Å². The number of Topliss-reactive ketones (excluding diaryl/α,β-unsaturated/α-hetero) is 1. The van der Waals surface area contributed by atoms with Crippen molar-refractivity contribution in [3.05, 3.63) is 0 Å². The highest BCUT2D eigenvalue weighted by Gasteiger charge is 1.80. The summed E-state index contributed by atoms with van der Waals surface area (Å²) in [6, 6.07) is 0. The lowest BCUT2D eigenvalue weighted by molar-refractivity contribution is -0.114. The van der Waals surface area contributed by atoms with Crippen LogP contribution in [0.4, 0.5) is 0 Å². The summed E-state index contributed by atoms with van der Waals surface area (Å²) in [5.74, 6) is 0.167. The van der Waals surface area contributed by atoms with Gasteiger partial charge in [0.2, 0.25) is 0 Å². The fraction of sp³-hybridized carbons (Fsp3) is 0.857. The number of hydrogen-bond acceptors (Lipinski definition) is 1. The molecule has 0 bridgehead atoms. The van der Waals surface area contributed by atoms with E-state index in [-0.39, 0.29) is 5.78 Å². The van der Waals surface area contributed by atoms with E-state index in [1.807, 2.05) is 0 Å². The second-order valence-electron chi connectivity index (χ2n) is 1.90. The van der Waals surface area contributed by atoms with Crippen LogP contribution in [0.3, 0.4) is 0 Å². The van der Waals surface area contributed by atoms with Gasteiger partial charge in [-0.05, 0) is 13.8 Å². The Morgan fingerprint density at radius 1 is 0.500 bits per heavy atom. The maximum Gasteiger partial charge on any atom is 0.180 e. The van der Waals surface area contributed by atoms with Crippen molar-refractivity contribution in [2.45, 2.75) is 31.0 Å². The Morgan fingerprint density at radius 2 is 0.500 bits per heavy atom. The summed E-state index contributed by atoms with van der Waals surface area (Å²) < 4.78 is -3.00. The fourth-order valence-electron chi connectivity index (χ4n) is 0. The van der Waals surface area contributed by atoms with E-state index in [1.165, 1.54) is 13.8 Å². The Hall–Kier alpha value is 3.15. The van der Waals surface area contributed by atoms with Crippen molar-refractivity contribution in [2.75, 3.05) is 0 Å². The first-order valence-corrected chi connectivity index (χ1v) is 9.06. The summed E-state index contributed by atoms with van der Waals surface area (Å²) in [6.45, 7) is 3.06. The molecule has 128 valence electrons. The van der Waals surface area contributed by atoms with Gasteiger partial charge >= 0.3 is 0 Å². The number of alkyl halides is 12. The summed E-state index contributed by atoms with van der Waals surface area (Å²) in [4.78, 5) is 9.44. The van der Waals surface area contributed by atoms with Gasteiger partial charge in [-0.1, -0.05) is 139 Å². The summed E-state index contributed by atoms with van der Waals surface area (Å²) >= 11 is 57.7. The minimum Gasteiger partial charge on any atom is -0.300 e. The zero-order valence-corrected chi connectivity index (χ0v) is 18.8. The molecule has 0 aromatic heterocycles. The maximum atomic E-state index is 9.44. The lowest BCUT2D eigenvalue weighted by Gasteiger charge is -1.69. The Balaban J connectivity index is -0.0000000469. The number of rotatable bonds is 0. The Morgan fingerprint density at radius 3 is 0.500 bits per heavy atom. The van der Waals surface area contributed by atoms with Gasteiger partial charge in [-0.2, -0.15) is 0 Å². The zero-order chi connectivity index (χ0) is 17.9. The molecule has 0 amide bonds. The molecule has 0 unspecified atom stereocenters. The predicted octanol–water partition coefficient (Wildman–Crippen LogP) is 8.54. The van der Waals surface area contributed by atoms with E-state index < -0.39 is 17.2 Å². The number of hydrogen-bond donors (Lipinski definition) is 0. The average molecular weight is 536 g/mol. The van der Waals surface area contributed by atoms with Crippen LogP contribution in [-0.4, -0.2) is 23.0 Å². The molecule has 0 aromatic rings. The van der Waals surface area contributed by atoms with Crippen molar-refractivity contribution < 1.29 is 4.79 Å². The monoisotopic (exact) mass is 530 g/mol. The molecular formula is C7H10Cl12O. The van der Waals surface area contributed by atoms with Gasteiger partial charge in [-0.15, -0.1) is 0 Å². The molecule has 20 heavy (non-hydrogen) atoms. The summed E-state index contributed by atoms with van der Waals surface area (Å²) in [6.07, 6.45) is 0. The first kappa shape index (κ1) is 34.5. The normalized spacial score (nSPS) is 8.50. The third kappa shape index (κ3) is 865. The van der Waals surface area contributed by atoms with Crippen LogP contribution in [0.2, 0.25) is 0 Å². The van der Waals surface area contributed by atoms with Gasteiger partial charge in [-0.25, -0.2) is 0 Å². The van der Waals surface area contributed by atoms with Crippen LogP contribution in [0.25, 0.3) is 0 Å². The largest absolute Gasteiger partial charge is 0.300 e. The van der Waals surface area contributed by atoms with Crippen molar-refractivity contribution in [3.63, 3.8) is 0 Å². The second kappa shape index (κ2) is 30.1. The quantitative estimate of drug-likeness (QED) is 0.284. The zero-order valence-electron chi connectivity index (χ0n) is 9.75. The van der Waals surface area contributed by atoms with Crippen molar-refractivity contribution in [2.24, 2.45) is 0 Å². The molecule has 0 spiro atoms. The van der Waals surface area contributed by atoms with Crippen LogP contribution in [0.5, 0.6) is 0 Å². The van der Waals surface area contributed by atoms with Gasteiger partial charge in [0.05, 0.1) is 0 Å². The van der Waals surface area contributed by atoms with Crippen LogP contribution in [0.15, 0.2) is 0 Å². The van der Waals surface area contributed by atoms with E-state index in [1.54, 1.807) is 0 Å². The van der Waals surface area contributed by atoms with Crippen LogP contribution in [0.1, 0.15) is 13.8 Å². The molecule has 0 aromatic carbocycles. The summed E-state index contributed by atoms with van der Waals surface area (Å²) in [7, 11) is 0. The highest BCUT2D eigenvalue weighted by molar-refractivity contribution is 6.64. The van der Waals surface area contributed by atoms with Gasteiger partial charge in [0, 0.05) is 0 Å². The van der Waals surface area contributed by atoms with E-state index in [9.17, 15) is 4.79 Å². The third-order valence-electron chi connectivity index (χ3n) is 0. The average Bonchev–Trinajstić information content (AvgIpc) is 1.94. The molecule has 1 nitrogen and oxygen atoms in total. The lowest BCUT2D eigenvalue weighted by atomic mass is 10.6. The molecule has 0 heterocycles. The van der Waals surface area contributed by atoms with Gasteiger partial charge in [0.25, 0.3) is 0 Å². The number of carbonyl (C=O) groups is 1. The predicted molar refractivity (Wildman–Crippen MR) is 102 cm³/mol. The molecule has 0 aliphatic rings. The van der Waals surface area contributed by atoms with Crippen LogP contribution < -0.4 is 0 Å². The molecule has 0 fully saturated rings. The molecule has 0 atom stereocenters. The molecule has 0 saturated heterocycles. The number of ketones is 1. The lowest BCUT2D eigenvalue weighted by Crippen LogP contribution is -1.69. The van der Waals surface area contributed by atoms with Crippen molar-refractivity contribution in [1.29, 1.82) is 0 Å². The Bertz CT molecular complexity index is 123. The standard InChI is InChI=1S/C3H6O.4CHCl3/c1-3(2)4;4*2-1(3)4/h1-2H3;4*1H. The SMILES string of the molecule is CC(C)=O.ClC(Cl)Cl.ClC(Cl)Cl.ClC(Cl)Cl.ClC(Cl)Cl. The van der Waals surface area contributed by atoms with Gasteiger partial charge in [0.1, 0.15) is 5.78 Å². The molecule has 0 rings (SSSR count). The maximum absolute atomic E-state index is 9.44. The van der Waals surface area contributed by atoms with Crippen LogP contribution in [-0.2, 0) is 4.79 Å². The smallest absolute Gasteiger partial charge is 0.180 e. The Labute approximate surface area is 179 Å². The van der Waals surface area contributed by atoms with Gasteiger partial charge in [0.15, 0.2) is 17.2 Å². The second-order valence-corrected chi connectivity index (χ2v) is 9.82. The van der Waals surface area contributed by atoms with E-state index in [4.69, 9.17) is 139 Å². The summed E-state index contributed by atoms with van der Waals surface area (Å²) in [5, 5.41) is 0. The van der Waals surface area contributed by atoms with E-state index in [0.717, 1.165) is 0 Å². The molecule has 0 radical (unpaired) electrons. The fourth-order valence-corrected chi connectivity index (χ4v) is 0. The third-order valence-corrected chi connectivity index (χ3v) is 0. The van der Waals surface area contributed by atoms with Gasteiger partial charge in [-0.3, -0.25) is 0 Å². The van der Waals surface area contributed by atoms with Gasteiger partial charge < -0.3 is 4.79 Å².